The van der Waals surface area contributed by atoms with E-state index < -0.39 is 0 Å². The van der Waals surface area contributed by atoms with Crippen molar-refractivity contribution in [3.8, 4) is 0 Å². The van der Waals surface area contributed by atoms with Gasteiger partial charge in [0.2, 0.25) is 5.91 Å². The lowest BCUT2D eigenvalue weighted by Crippen LogP contribution is -2.14. The van der Waals surface area contributed by atoms with E-state index in [0.717, 1.165) is 10.2 Å². The van der Waals surface area contributed by atoms with E-state index in [1.807, 2.05) is 24.3 Å². The highest BCUT2D eigenvalue weighted by Crippen LogP contribution is 2.25. The van der Waals surface area contributed by atoms with Crippen LogP contribution in [0.25, 0.3) is 10.2 Å². The van der Waals surface area contributed by atoms with Crippen LogP contribution in [0.2, 0.25) is 0 Å². The molecule has 0 unspecified atom stereocenters. The van der Waals surface area contributed by atoms with Crippen LogP contribution in [0.4, 0.5) is 9.52 Å². The van der Waals surface area contributed by atoms with Crippen molar-refractivity contribution in [1.82, 2.24) is 4.98 Å². The van der Waals surface area contributed by atoms with E-state index in [-0.39, 0.29) is 18.1 Å². The maximum Gasteiger partial charge on any atom is 0.230 e. The zero-order valence-corrected chi connectivity index (χ0v) is 11.3. The molecule has 0 radical (unpaired) electrons. The minimum atomic E-state index is -0.338. The predicted molar refractivity (Wildman–Crippen MR) is 78.4 cm³/mol. The van der Waals surface area contributed by atoms with Crippen LogP contribution < -0.4 is 5.32 Å². The van der Waals surface area contributed by atoms with E-state index in [2.05, 4.69) is 10.3 Å². The average molecular weight is 286 g/mol. The van der Waals surface area contributed by atoms with Crippen molar-refractivity contribution >= 4 is 32.6 Å². The van der Waals surface area contributed by atoms with E-state index in [9.17, 15) is 9.18 Å². The second-order valence-electron chi connectivity index (χ2n) is 4.34. The van der Waals surface area contributed by atoms with Gasteiger partial charge in [-0.05, 0) is 29.8 Å². The number of amides is 1. The van der Waals surface area contributed by atoms with Crippen LogP contribution >= 0.6 is 11.3 Å². The summed E-state index contributed by atoms with van der Waals surface area (Å²) < 4.78 is 14.1. The quantitative estimate of drug-likeness (QED) is 0.799. The Morgan fingerprint density at radius 1 is 1.20 bits per heavy atom. The van der Waals surface area contributed by atoms with Crippen molar-refractivity contribution < 1.29 is 9.18 Å². The first-order chi connectivity index (χ1) is 9.70. The topological polar surface area (TPSA) is 42.0 Å². The van der Waals surface area contributed by atoms with Gasteiger partial charge >= 0.3 is 0 Å². The van der Waals surface area contributed by atoms with Gasteiger partial charge in [-0.15, -0.1) is 0 Å². The number of nitrogens with zero attached hydrogens (tertiary/aromatic N) is 1. The van der Waals surface area contributed by atoms with Crippen LogP contribution in [0.3, 0.4) is 0 Å². The third-order valence-corrected chi connectivity index (χ3v) is 3.75. The monoisotopic (exact) mass is 286 g/mol. The van der Waals surface area contributed by atoms with Gasteiger partial charge in [0.25, 0.3) is 0 Å². The molecular formula is C15H11FN2OS. The summed E-state index contributed by atoms with van der Waals surface area (Å²) in [5.41, 5.74) is 1.50. The Morgan fingerprint density at radius 3 is 2.85 bits per heavy atom. The number of halogens is 1. The highest BCUT2D eigenvalue weighted by molar-refractivity contribution is 7.22. The fourth-order valence-electron chi connectivity index (χ4n) is 1.92. The Bertz CT molecular complexity index is 736. The van der Waals surface area contributed by atoms with Crippen molar-refractivity contribution in [3.63, 3.8) is 0 Å². The Hall–Kier alpha value is -2.27. The maximum atomic E-state index is 13.0. The number of hydrogen-bond donors (Lipinski definition) is 1. The second kappa shape index (κ2) is 5.38. The fraction of sp³-hybridized carbons (Fsp3) is 0.0667. The highest BCUT2D eigenvalue weighted by Gasteiger charge is 2.08. The van der Waals surface area contributed by atoms with Crippen LogP contribution in [0.1, 0.15) is 5.56 Å². The van der Waals surface area contributed by atoms with Gasteiger partial charge in [-0.2, -0.15) is 0 Å². The Labute approximate surface area is 119 Å². The molecule has 0 aliphatic heterocycles. The Balaban J connectivity index is 1.72. The van der Waals surface area contributed by atoms with Crippen molar-refractivity contribution in [2.24, 2.45) is 0 Å². The molecule has 5 heteroatoms. The van der Waals surface area contributed by atoms with Crippen LogP contribution in [-0.4, -0.2) is 10.9 Å². The number of fused-ring (bicyclic) bond motifs is 1. The molecule has 0 bridgehead atoms. The van der Waals surface area contributed by atoms with Gasteiger partial charge in [-0.1, -0.05) is 35.6 Å². The summed E-state index contributed by atoms with van der Waals surface area (Å²) in [6, 6.07) is 13.7. The van der Waals surface area contributed by atoms with Gasteiger partial charge in [0, 0.05) is 0 Å². The van der Waals surface area contributed by atoms with E-state index in [4.69, 9.17) is 0 Å². The minimum absolute atomic E-state index is 0.133. The lowest BCUT2D eigenvalue weighted by atomic mass is 10.1. The number of carbonyl (C=O) groups excluding carboxylic acids is 1. The van der Waals surface area contributed by atoms with Gasteiger partial charge < -0.3 is 5.32 Å². The highest BCUT2D eigenvalue weighted by atomic mass is 32.1. The molecule has 0 aliphatic carbocycles. The molecule has 0 aliphatic rings. The fourth-order valence-corrected chi connectivity index (χ4v) is 2.80. The largest absolute Gasteiger partial charge is 0.302 e. The summed E-state index contributed by atoms with van der Waals surface area (Å²) in [6.07, 6.45) is 0.133. The smallest absolute Gasteiger partial charge is 0.230 e. The average Bonchev–Trinajstić information content (AvgIpc) is 2.80. The first-order valence-electron chi connectivity index (χ1n) is 6.10. The molecule has 3 nitrogen and oxygen atoms in total. The maximum absolute atomic E-state index is 13.0. The van der Waals surface area contributed by atoms with Crippen LogP contribution in [0, 0.1) is 5.82 Å². The molecule has 0 fully saturated rings. The van der Waals surface area contributed by atoms with Crippen molar-refractivity contribution in [3.05, 3.63) is 59.9 Å². The molecule has 3 aromatic rings. The van der Waals surface area contributed by atoms with Gasteiger partial charge in [-0.3, -0.25) is 4.79 Å². The van der Waals surface area contributed by atoms with Crippen LogP contribution in [0.5, 0.6) is 0 Å². The summed E-state index contributed by atoms with van der Waals surface area (Å²) in [4.78, 5) is 16.2. The molecule has 1 aromatic heterocycles. The van der Waals surface area contributed by atoms with Crippen molar-refractivity contribution in [2.75, 3.05) is 5.32 Å². The molecule has 0 saturated heterocycles. The molecular weight excluding hydrogens is 275 g/mol. The summed E-state index contributed by atoms with van der Waals surface area (Å²) >= 11 is 1.42. The first kappa shape index (κ1) is 12.7. The third-order valence-electron chi connectivity index (χ3n) is 2.79. The first-order valence-corrected chi connectivity index (χ1v) is 6.92. The molecule has 0 atom stereocenters. The number of hydrogen-bond acceptors (Lipinski definition) is 3. The molecule has 1 heterocycles. The standard InChI is InChI=1S/C15H11FN2OS/c16-11-5-3-4-10(8-11)9-14(19)18-15-17-12-6-1-2-7-13(12)20-15/h1-8H,9H2,(H,17,18,19). The lowest BCUT2D eigenvalue weighted by molar-refractivity contribution is -0.115. The molecule has 100 valence electrons. The number of para-hydroxylation sites is 1. The third kappa shape index (κ3) is 2.83. The summed E-state index contributed by atoms with van der Waals surface area (Å²) in [6.45, 7) is 0. The van der Waals surface area contributed by atoms with E-state index >= 15 is 0 Å². The SMILES string of the molecule is O=C(Cc1cccc(F)c1)Nc1nc2ccccc2s1. The van der Waals surface area contributed by atoms with E-state index in [0.29, 0.717) is 10.7 Å². The van der Waals surface area contributed by atoms with Gasteiger partial charge in [0.15, 0.2) is 5.13 Å². The summed E-state index contributed by atoms with van der Waals surface area (Å²) in [7, 11) is 0. The molecule has 1 N–H and O–H groups in total. The van der Waals surface area contributed by atoms with Crippen molar-refractivity contribution in [2.45, 2.75) is 6.42 Å². The lowest BCUT2D eigenvalue weighted by Gasteiger charge is -2.01. The number of benzene rings is 2. The van der Waals surface area contributed by atoms with Gasteiger partial charge in [0.05, 0.1) is 16.6 Å². The van der Waals surface area contributed by atoms with E-state index in [1.165, 1.54) is 23.5 Å². The molecule has 2 aromatic carbocycles. The molecule has 0 saturated carbocycles. The second-order valence-corrected chi connectivity index (χ2v) is 5.37. The van der Waals surface area contributed by atoms with Gasteiger partial charge in [-0.25, -0.2) is 9.37 Å². The summed E-state index contributed by atoms with van der Waals surface area (Å²) in [5.74, 6) is -0.537. The Kier molecular flexibility index (Phi) is 3.43. The number of thiazole rings is 1. The number of rotatable bonds is 3. The van der Waals surface area contributed by atoms with E-state index in [1.54, 1.807) is 12.1 Å². The molecule has 20 heavy (non-hydrogen) atoms. The zero-order chi connectivity index (χ0) is 13.9. The van der Waals surface area contributed by atoms with Crippen molar-refractivity contribution in [1.29, 1.82) is 0 Å². The molecule has 0 spiro atoms. The summed E-state index contributed by atoms with van der Waals surface area (Å²) in [5, 5.41) is 3.31. The Morgan fingerprint density at radius 2 is 2.05 bits per heavy atom. The van der Waals surface area contributed by atoms with Crippen LogP contribution in [0.15, 0.2) is 48.5 Å². The number of anilines is 1. The molecule has 3 rings (SSSR count). The molecule has 1 amide bonds. The van der Waals surface area contributed by atoms with Crippen LogP contribution in [-0.2, 0) is 11.2 Å². The van der Waals surface area contributed by atoms with Gasteiger partial charge in [0.1, 0.15) is 5.82 Å². The number of aromatic nitrogens is 1. The number of nitrogens with one attached hydrogen (secondary N) is 1. The zero-order valence-electron chi connectivity index (χ0n) is 10.5. The number of carbonyl (C=O) groups is 1. The predicted octanol–water partition coefficient (Wildman–Crippen LogP) is 3.62. The normalized spacial score (nSPS) is 10.7. The minimum Gasteiger partial charge on any atom is -0.302 e.